The Morgan fingerprint density at radius 1 is 1.19 bits per heavy atom. The van der Waals surface area contributed by atoms with E-state index in [1.807, 2.05) is 0 Å². The fourth-order valence-electron chi connectivity index (χ4n) is 4.09. The molecular formula is C24H40IN5O. The largest absolute Gasteiger partial charge is 0.357 e. The van der Waals surface area contributed by atoms with Gasteiger partial charge in [0.05, 0.1) is 0 Å². The van der Waals surface area contributed by atoms with E-state index in [0.717, 1.165) is 71.2 Å². The smallest absolute Gasteiger partial charge is 0.225 e. The van der Waals surface area contributed by atoms with Crippen LogP contribution in [0.5, 0.6) is 0 Å². The van der Waals surface area contributed by atoms with Crippen molar-refractivity contribution < 1.29 is 4.79 Å². The van der Waals surface area contributed by atoms with Gasteiger partial charge in [-0.3, -0.25) is 14.7 Å². The van der Waals surface area contributed by atoms with Gasteiger partial charge in [0.25, 0.3) is 0 Å². The summed E-state index contributed by atoms with van der Waals surface area (Å²) < 4.78 is 0. The highest BCUT2D eigenvalue weighted by atomic mass is 127. The third-order valence-corrected chi connectivity index (χ3v) is 6.34. The highest BCUT2D eigenvalue weighted by molar-refractivity contribution is 14.0. The molecule has 0 spiro atoms. The zero-order valence-corrected chi connectivity index (χ0v) is 21.7. The maximum Gasteiger partial charge on any atom is 0.225 e. The summed E-state index contributed by atoms with van der Waals surface area (Å²) in [4.78, 5) is 21.7. The van der Waals surface area contributed by atoms with Gasteiger partial charge in [-0.2, -0.15) is 0 Å². The van der Waals surface area contributed by atoms with Gasteiger partial charge in [0.2, 0.25) is 5.91 Å². The molecule has 1 amide bonds. The predicted octanol–water partition coefficient (Wildman–Crippen LogP) is 3.22. The molecule has 1 aliphatic carbocycles. The predicted molar refractivity (Wildman–Crippen MR) is 139 cm³/mol. The Labute approximate surface area is 205 Å². The fourth-order valence-corrected chi connectivity index (χ4v) is 4.09. The van der Waals surface area contributed by atoms with Crippen LogP contribution in [-0.4, -0.2) is 74.0 Å². The van der Waals surface area contributed by atoms with E-state index in [1.165, 1.54) is 17.5 Å². The minimum Gasteiger partial charge on any atom is -0.357 e. The molecule has 1 unspecified atom stereocenters. The van der Waals surface area contributed by atoms with Gasteiger partial charge < -0.3 is 15.5 Å². The van der Waals surface area contributed by atoms with Crippen LogP contribution in [0.25, 0.3) is 0 Å². The normalized spacial score (nSPS) is 18.7. The first kappa shape index (κ1) is 25.9. The van der Waals surface area contributed by atoms with Crippen molar-refractivity contribution in [3.05, 3.63) is 35.4 Å². The van der Waals surface area contributed by atoms with E-state index >= 15 is 0 Å². The SMILES string of the molecule is CCNC(=NCC(C)c1cccc(C)c1)NCCN1CCN(C(=O)C2CCC2)CC1.I. The van der Waals surface area contributed by atoms with Crippen LogP contribution in [0.2, 0.25) is 0 Å². The molecule has 6 nitrogen and oxygen atoms in total. The van der Waals surface area contributed by atoms with Crippen LogP contribution < -0.4 is 10.6 Å². The zero-order valence-electron chi connectivity index (χ0n) is 19.4. The lowest BCUT2D eigenvalue weighted by atomic mass is 9.84. The van der Waals surface area contributed by atoms with Gasteiger partial charge in [-0.05, 0) is 32.3 Å². The lowest BCUT2D eigenvalue weighted by Gasteiger charge is -2.38. The Hall–Kier alpha value is -1.35. The van der Waals surface area contributed by atoms with Gasteiger partial charge in [0.1, 0.15) is 0 Å². The minimum absolute atomic E-state index is 0. The zero-order chi connectivity index (χ0) is 21.3. The van der Waals surface area contributed by atoms with Crippen LogP contribution in [0.1, 0.15) is 50.2 Å². The molecule has 1 saturated heterocycles. The third kappa shape index (κ3) is 7.93. The molecule has 2 aliphatic rings. The monoisotopic (exact) mass is 541 g/mol. The maximum absolute atomic E-state index is 12.4. The average Bonchev–Trinajstić information content (AvgIpc) is 2.71. The number of hydrogen-bond donors (Lipinski definition) is 2. The molecule has 0 aromatic heterocycles. The number of carbonyl (C=O) groups excluding carboxylic acids is 1. The number of benzene rings is 1. The summed E-state index contributed by atoms with van der Waals surface area (Å²) in [7, 11) is 0. The summed E-state index contributed by atoms with van der Waals surface area (Å²) in [6.45, 7) is 13.6. The van der Waals surface area contributed by atoms with E-state index in [4.69, 9.17) is 4.99 Å². The number of piperazine rings is 1. The number of nitrogens with zero attached hydrogens (tertiary/aromatic N) is 3. The van der Waals surface area contributed by atoms with Gasteiger partial charge in [0, 0.05) is 64.2 Å². The molecule has 1 heterocycles. The first-order chi connectivity index (χ1) is 14.6. The van der Waals surface area contributed by atoms with Gasteiger partial charge >= 0.3 is 0 Å². The van der Waals surface area contributed by atoms with E-state index in [1.54, 1.807) is 0 Å². The van der Waals surface area contributed by atoms with Crippen molar-refractivity contribution >= 4 is 35.8 Å². The molecule has 1 atom stereocenters. The highest BCUT2D eigenvalue weighted by Gasteiger charge is 2.30. The molecule has 3 rings (SSSR count). The van der Waals surface area contributed by atoms with Crippen molar-refractivity contribution in [2.24, 2.45) is 10.9 Å². The van der Waals surface area contributed by atoms with Crippen LogP contribution in [0.3, 0.4) is 0 Å². The van der Waals surface area contributed by atoms with Crippen molar-refractivity contribution in [3.63, 3.8) is 0 Å². The second kappa shape index (κ2) is 13.3. The second-order valence-electron chi connectivity index (χ2n) is 8.76. The lowest BCUT2D eigenvalue weighted by Crippen LogP contribution is -2.52. The Morgan fingerprint density at radius 3 is 2.55 bits per heavy atom. The number of aryl methyl sites for hydroxylation is 1. The summed E-state index contributed by atoms with van der Waals surface area (Å²) in [6.07, 6.45) is 3.41. The van der Waals surface area contributed by atoms with Gasteiger partial charge in [-0.25, -0.2) is 0 Å². The molecule has 31 heavy (non-hydrogen) atoms. The summed E-state index contributed by atoms with van der Waals surface area (Å²) in [5.41, 5.74) is 2.63. The Morgan fingerprint density at radius 2 is 1.94 bits per heavy atom. The summed E-state index contributed by atoms with van der Waals surface area (Å²) in [5, 5.41) is 6.83. The van der Waals surface area contributed by atoms with Gasteiger partial charge in [-0.1, -0.05) is 43.2 Å². The molecule has 1 aromatic carbocycles. The lowest BCUT2D eigenvalue weighted by molar-refractivity contribution is -0.139. The summed E-state index contributed by atoms with van der Waals surface area (Å²) in [6, 6.07) is 8.68. The number of amides is 1. The molecule has 1 saturated carbocycles. The number of nitrogens with one attached hydrogen (secondary N) is 2. The quantitative estimate of drug-likeness (QED) is 0.302. The van der Waals surface area contributed by atoms with Crippen molar-refractivity contribution in [2.75, 3.05) is 52.4 Å². The average molecular weight is 542 g/mol. The van der Waals surface area contributed by atoms with Crippen molar-refractivity contribution in [1.82, 2.24) is 20.4 Å². The maximum atomic E-state index is 12.4. The minimum atomic E-state index is 0. The first-order valence-corrected chi connectivity index (χ1v) is 11.7. The Kier molecular flexibility index (Phi) is 11.1. The van der Waals surface area contributed by atoms with Crippen LogP contribution in [0.15, 0.2) is 29.3 Å². The fraction of sp³-hybridized carbons (Fsp3) is 0.667. The number of rotatable bonds is 8. The molecule has 174 valence electrons. The standard InChI is InChI=1S/C24H39N5O.HI/c1-4-25-24(27-18-20(3)22-10-5-7-19(2)17-22)26-11-12-28-13-15-29(16-14-28)23(30)21-8-6-9-21;/h5,7,10,17,20-21H,4,6,8-9,11-16,18H2,1-3H3,(H2,25,26,27);1H. The van der Waals surface area contributed by atoms with Crippen molar-refractivity contribution in [3.8, 4) is 0 Å². The number of guanidine groups is 1. The topological polar surface area (TPSA) is 60.0 Å². The van der Waals surface area contributed by atoms with Gasteiger partial charge in [0.15, 0.2) is 5.96 Å². The molecule has 2 fully saturated rings. The molecule has 2 N–H and O–H groups in total. The number of hydrogen-bond acceptors (Lipinski definition) is 3. The van der Waals surface area contributed by atoms with Crippen LogP contribution in [0, 0.1) is 12.8 Å². The Balaban J connectivity index is 0.00000341. The van der Waals surface area contributed by atoms with Crippen molar-refractivity contribution in [2.45, 2.75) is 46.0 Å². The van der Waals surface area contributed by atoms with E-state index < -0.39 is 0 Å². The van der Waals surface area contributed by atoms with Crippen LogP contribution in [-0.2, 0) is 4.79 Å². The van der Waals surface area contributed by atoms with Gasteiger partial charge in [-0.15, -0.1) is 24.0 Å². The molecule has 1 aromatic rings. The van der Waals surface area contributed by atoms with Crippen LogP contribution >= 0.6 is 24.0 Å². The second-order valence-corrected chi connectivity index (χ2v) is 8.76. The molecule has 7 heteroatoms. The number of halogens is 1. The highest BCUT2D eigenvalue weighted by Crippen LogP contribution is 2.28. The summed E-state index contributed by atoms with van der Waals surface area (Å²) in [5.74, 6) is 1.99. The van der Waals surface area contributed by atoms with Crippen molar-refractivity contribution in [1.29, 1.82) is 0 Å². The Bertz CT molecular complexity index is 714. The molecule has 1 aliphatic heterocycles. The molecule has 0 radical (unpaired) electrons. The van der Waals surface area contributed by atoms with E-state index in [0.29, 0.717) is 17.7 Å². The summed E-state index contributed by atoms with van der Waals surface area (Å²) >= 11 is 0. The number of aliphatic imine (C=N–C) groups is 1. The molecule has 0 bridgehead atoms. The van der Waals surface area contributed by atoms with E-state index in [9.17, 15) is 4.79 Å². The van der Waals surface area contributed by atoms with E-state index in [-0.39, 0.29) is 24.0 Å². The first-order valence-electron chi connectivity index (χ1n) is 11.7. The van der Waals surface area contributed by atoms with E-state index in [2.05, 4.69) is 65.5 Å². The van der Waals surface area contributed by atoms with Crippen LogP contribution in [0.4, 0.5) is 0 Å². The number of carbonyl (C=O) groups is 1. The third-order valence-electron chi connectivity index (χ3n) is 6.34. The molecular weight excluding hydrogens is 501 g/mol.